The fourth-order valence-corrected chi connectivity index (χ4v) is 2.95. The van der Waals surface area contributed by atoms with Crippen LogP contribution < -0.4 is 5.32 Å². The Bertz CT molecular complexity index is 507. The molecule has 0 radical (unpaired) electrons. The lowest BCUT2D eigenvalue weighted by Gasteiger charge is -2.17. The lowest BCUT2D eigenvalue weighted by molar-refractivity contribution is 0.591. The van der Waals surface area contributed by atoms with Crippen molar-refractivity contribution in [1.29, 1.82) is 0 Å². The predicted octanol–water partition coefficient (Wildman–Crippen LogP) is 4.28. The van der Waals surface area contributed by atoms with Crippen molar-refractivity contribution < 1.29 is 4.39 Å². The quantitative estimate of drug-likeness (QED) is 0.848. The molecule has 18 heavy (non-hydrogen) atoms. The van der Waals surface area contributed by atoms with Crippen LogP contribution in [0.1, 0.15) is 34.7 Å². The molecule has 0 aliphatic rings. The van der Waals surface area contributed by atoms with Crippen LogP contribution in [0.15, 0.2) is 36.4 Å². The number of aryl methyl sites for hydroxylation is 1. The first-order valence-corrected chi connectivity index (χ1v) is 7.07. The van der Waals surface area contributed by atoms with Gasteiger partial charge in [-0.05, 0) is 49.7 Å². The summed E-state index contributed by atoms with van der Waals surface area (Å²) in [6.07, 6.45) is 1.07. The van der Waals surface area contributed by atoms with E-state index in [1.165, 1.54) is 15.8 Å². The van der Waals surface area contributed by atoms with Crippen molar-refractivity contribution in [2.75, 3.05) is 6.54 Å². The van der Waals surface area contributed by atoms with Gasteiger partial charge >= 0.3 is 0 Å². The van der Waals surface area contributed by atoms with E-state index in [0.29, 0.717) is 0 Å². The molecule has 0 aliphatic carbocycles. The molecule has 1 heterocycles. The molecule has 1 N–H and O–H groups in total. The molecule has 2 aromatic rings. The maximum Gasteiger partial charge on any atom is 0.123 e. The SMILES string of the molecule is CCCNC(c1cccc(F)c1)c1ccc(C)s1. The van der Waals surface area contributed by atoms with Crippen LogP contribution in [0.5, 0.6) is 0 Å². The molecule has 0 spiro atoms. The Labute approximate surface area is 112 Å². The van der Waals surface area contributed by atoms with Crippen LogP contribution in [-0.2, 0) is 0 Å². The van der Waals surface area contributed by atoms with E-state index in [-0.39, 0.29) is 11.9 Å². The third kappa shape index (κ3) is 3.18. The minimum atomic E-state index is -0.177. The molecule has 1 nitrogen and oxygen atoms in total. The fraction of sp³-hybridized carbons (Fsp3) is 0.333. The molecule has 1 unspecified atom stereocenters. The van der Waals surface area contributed by atoms with E-state index in [4.69, 9.17) is 0 Å². The molecule has 0 bridgehead atoms. The Morgan fingerprint density at radius 3 is 2.72 bits per heavy atom. The van der Waals surface area contributed by atoms with Crippen molar-refractivity contribution in [1.82, 2.24) is 5.32 Å². The Kier molecular flexibility index (Phi) is 4.50. The van der Waals surface area contributed by atoms with Gasteiger partial charge in [0.2, 0.25) is 0 Å². The van der Waals surface area contributed by atoms with Crippen molar-refractivity contribution in [3.63, 3.8) is 0 Å². The van der Waals surface area contributed by atoms with Gasteiger partial charge in [-0.2, -0.15) is 0 Å². The lowest BCUT2D eigenvalue weighted by Crippen LogP contribution is -2.22. The standard InChI is InChI=1S/C15H18FNS/c1-3-9-17-15(14-8-7-11(2)18-14)12-5-4-6-13(16)10-12/h4-8,10,15,17H,3,9H2,1-2H3. The number of hydrogen-bond donors (Lipinski definition) is 1. The molecule has 1 atom stereocenters. The summed E-state index contributed by atoms with van der Waals surface area (Å²) in [7, 11) is 0. The monoisotopic (exact) mass is 263 g/mol. The molecule has 3 heteroatoms. The second-order valence-corrected chi connectivity index (χ2v) is 5.71. The summed E-state index contributed by atoms with van der Waals surface area (Å²) in [6, 6.07) is 11.2. The number of rotatable bonds is 5. The fourth-order valence-electron chi connectivity index (χ4n) is 1.97. The first-order valence-electron chi connectivity index (χ1n) is 6.26. The van der Waals surface area contributed by atoms with Gasteiger partial charge in [0, 0.05) is 9.75 Å². The van der Waals surface area contributed by atoms with E-state index in [0.717, 1.165) is 18.5 Å². The van der Waals surface area contributed by atoms with Crippen molar-refractivity contribution in [3.8, 4) is 0 Å². The zero-order valence-electron chi connectivity index (χ0n) is 10.7. The summed E-state index contributed by atoms with van der Waals surface area (Å²) in [5.74, 6) is -0.177. The van der Waals surface area contributed by atoms with Crippen LogP contribution in [0.25, 0.3) is 0 Å². The van der Waals surface area contributed by atoms with Gasteiger partial charge < -0.3 is 5.32 Å². The predicted molar refractivity (Wildman–Crippen MR) is 75.6 cm³/mol. The van der Waals surface area contributed by atoms with Crippen LogP contribution in [0.4, 0.5) is 4.39 Å². The first kappa shape index (κ1) is 13.2. The first-order chi connectivity index (χ1) is 8.70. The average molecular weight is 263 g/mol. The third-order valence-electron chi connectivity index (χ3n) is 2.83. The number of thiophene rings is 1. The summed E-state index contributed by atoms with van der Waals surface area (Å²) < 4.78 is 13.3. The van der Waals surface area contributed by atoms with E-state index in [9.17, 15) is 4.39 Å². The second-order valence-electron chi connectivity index (χ2n) is 4.39. The largest absolute Gasteiger partial charge is 0.306 e. The molecule has 1 aromatic heterocycles. The normalized spacial score (nSPS) is 12.6. The molecule has 0 saturated heterocycles. The third-order valence-corrected chi connectivity index (χ3v) is 3.89. The number of nitrogens with one attached hydrogen (secondary N) is 1. The maximum atomic E-state index is 13.3. The number of benzene rings is 1. The van der Waals surface area contributed by atoms with Gasteiger partial charge in [-0.15, -0.1) is 11.3 Å². The molecule has 0 fully saturated rings. The number of halogens is 1. The van der Waals surface area contributed by atoms with E-state index in [2.05, 4.69) is 31.3 Å². The van der Waals surface area contributed by atoms with Crippen molar-refractivity contribution in [3.05, 3.63) is 57.5 Å². The summed E-state index contributed by atoms with van der Waals surface area (Å²) in [5, 5.41) is 3.49. The summed E-state index contributed by atoms with van der Waals surface area (Å²) in [6.45, 7) is 5.16. The van der Waals surface area contributed by atoms with Crippen LogP contribution in [-0.4, -0.2) is 6.54 Å². The zero-order valence-corrected chi connectivity index (χ0v) is 11.6. The molecule has 96 valence electrons. The smallest absolute Gasteiger partial charge is 0.123 e. The summed E-state index contributed by atoms with van der Waals surface area (Å²) in [4.78, 5) is 2.52. The summed E-state index contributed by atoms with van der Waals surface area (Å²) in [5.41, 5.74) is 0.991. The Morgan fingerprint density at radius 1 is 1.28 bits per heavy atom. The van der Waals surface area contributed by atoms with E-state index >= 15 is 0 Å². The van der Waals surface area contributed by atoms with Gasteiger partial charge in [0.15, 0.2) is 0 Å². The Morgan fingerprint density at radius 2 is 2.11 bits per heavy atom. The minimum absolute atomic E-state index is 0.0966. The molecule has 0 saturated carbocycles. The van der Waals surface area contributed by atoms with Gasteiger partial charge in [-0.1, -0.05) is 19.1 Å². The van der Waals surface area contributed by atoms with E-state index < -0.39 is 0 Å². The Hall–Kier alpha value is -1.19. The van der Waals surface area contributed by atoms with Crippen molar-refractivity contribution in [2.24, 2.45) is 0 Å². The maximum absolute atomic E-state index is 13.3. The van der Waals surface area contributed by atoms with Crippen molar-refractivity contribution >= 4 is 11.3 Å². The molecule has 0 amide bonds. The van der Waals surface area contributed by atoms with Gasteiger partial charge in [-0.25, -0.2) is 4.39 Å². The minimum Gasteiger partial charge on any atom is -0.306 e. The number of hydrogen-bond acceptors (Lipinski definition) is 2. The average Bonchev–Trinajstić information content (AvgIpc) is 2.76. The van der Waals surface area contributed by atoms with Gasteiger partial charge in [0.1, 0.15) is 5.82 Å². The molecular formula is C15H18FNS. The second kappa shape index (κ2) is 6.12. The lowest BCUT2D eigenvalue weighted by atomic mass is 10.1. The van der Waals surface area contributed by atoms with Crippen LogP contribution in [0.3, 0.4) is 0 Å². The van der Waals surface area contributed by atoms with Crippen LogP contribution >= 0.6 is 11.3 Å². The van der Waals surface area contributed by atoms with E-state index in [1.807, 2.05) is 6.07 Å². The molecule has 0 aliphatic heterocycles. The van der Waals surface area contributed by atoms with Gasteiger partial charge in [0.25, 0.3) is 0 Å². The van der Waals surface area contributed by atoms with Crippen molar-refractivity contribution in [2.45, 2.75) is 26.3 Å². The highest BCUT2D eigenvalue weighted by atomic mass is 32.1. The molecule has 1 aromatic carbocycles. The Balaban J connectivity index is 2.30. The zero-order chi connectivity index (χ0) is 13.0. The summed E-state index contributed by atoms with van der Waals surface area (Å²) >= 11 is 1.76. The molecular weight excluding hydrogens is 245 g/mol. The topological polar surface area (TPSA) is 12.0 Å². The van der Waals surface area contributed by atoms with Crippen LogP contribution in [0.2, 0.25) is 0 Å². The van der Waals surface area contributed by atoms with Crippen LogP contribution in [0, 0.1) is 12.7 Å². The highest BCUT2D eigenvalue weighted by Gasteiger charge is 2.15. The molecule has 2 rings (SSSR count). The van der Waals surface area contributed by atoms with E-state index in [1.54, 1.807) is 23.5 Å². The van der Waals surface area contributed by atoms with Gasteiger partial charge in [0.05, 0.1) is 6.04 Å². The van der Waals surface area contributed by atoms with Gasteiger partial charge in [-0.3, -0.25) is 0 Å². The highest BCUT2D eigenvalue weighted by molar-refractivity contribution is 7.12. The highest BCUT2D eigenvalue weighted by Crippen LogP contribution is 2.28.